The molecule has 1 aromatic heterocycles. The minimum atomic E-state index is -0.539. The molecular formula is C28H29N3O3. The molecule has 0 unspecified atom stereocenters. The van der Waals surface area contributed by atoms with Crippen molar-refractivity contribution >= 4 is 11.7 Å². The van der Waals surface area contributed by atoms with Crippen molar-refractivity contribution in [3.8, 4) is 17.6 Å². The summed E-state index contributed by atoms with van der Waals surface area (Å²) in [6.45, 7) is 5.34. The third-order valence-electron chi connectivity index (χ3n) is 5.74. The maximum Gasteiger partial charge on any atom is 0.360 e. The van der Waals surface area contributed by atoms with Crippen molar-refractivity contribution in [3.63, 3.8) is 0 Å². The zero-order valence-electron chi connectivity index (χ0n) is 19.4. The Kier molecular flexibility index (Phi) is 8.15. The van der Waals surface area contributed by atoms with Gasteiger partial charge in [-0.15, -0.1) is 0 Å². The van der Waals surface area contributed by atoms with Gasteiger partial charge in [-0.2, -0.15) is 0 Å². The third kappa shape index (κ3) is 6.37. The van der Waals surface area contributed by atoms with Crippen LogP contribution in [0.25, 0.3) is 0 Å². The number of benzene rings is 2. The second-order valence-electron chi connectivity index (χ2n) is 8.03. The van der Waals surface area contributed by atoms with Gasteiger partial charge < -0.3 is 14.4 Å². The van der Waals surface area contributed by atoms with Crippen molar-refractivity contribution in [3.05, 3.63) is 89.7 Å². The first-order chi connectivity index (χ1) is 16.7. The Balaban J connectivity index is 1.30. The van der Waals surface area contributed by atoms with Crippen molar-refractivity contribution in [2.45, 2.75) is 13.0 Å². The van der Waals surface area contributed by atoms with E-state index in [1.54, 1.807) is 12.1 Å². The number of esters is 1. The van der Waals surface area contributed by atoms with E-state index in [1.807, 2.05) is 36.4 Å². The number of anilines is 1. The topological polar surface area (TPSA) is 54.9 Å². The largest absolute Gasteiger partial charge is 0.486 e. The summed E-state index contributed by atoms with van der Waals surface area (Å²) in [6.07, 6.45) is 0.743. The summed E-state index contributed by atoms with van der Waals surface area (Å²) in [7, 11) is 1.33. The van der Waals surface area contributed by atoms with Crippen molar-refractivity contribution in [1.29, 1.82) is 0 Å². The summed E-state index contributed by atoms with van der Waals surface area (Å²) in [4.78, 5) is 21.5. The van der Waals surface area contributed by atoms with Crippen LogP contribution in [-0.2, 0) is 11.3 Å². The van der Waals surface area contributed by atoms with Gasteiger partial charge in [-0.25, -0.2) is 9.78 Å². The van der Waals surface area contributed by atoms with E-state index in [0.717, 1.165) is 44.7 Å². The Bertz CT molecular complexity index is 1130. The van der Waals surface area contributed by atoms with E-state index < -0.39 is 5.97 Å². The molecule has 3 aromatic rings. The lowest BCUT2D eigenvalue weighted by atomic mass is 10.2. The molecule has 0 aliphatic carbocycles. The maximum absolute atomic E-state index is 12.2. The van der Waals surface area contributed by atoms with Crippen LogP contribution >= 0.6 is 0 Å². The average molecular weight is 456 g/mol. The van der Waals surface area contributed by atoms with Gasteiger partial charge >= 0.3 is 5.97 Å². The van der Waals surface area contributed by atoms with E-state index in [1.165, 1.54) is 12.8 Å². The van der Waals surface area contributed by atoms with Crippen LogP contribution in [0.2, 0.25) is 0 Å². The highest BCUT2D eigenvalue weighted by Gasteiger charge is 2.17. The molecule has 1 aliphatic heterocycles. The first-order valence-electron chi connectivity index (χ1n) is 11.5. The van der Waals surface area contributed by atoms with E-state index >= 15 is 0 Å². The predicted octanol–water partition coefficient (Wildman–Crippen LogP) is 4.01. The number of methoxy groups -OCH3 is 1. The van der Waals surface area contributed by atoms with E-state index in [2.05, 4.69) is 50.9 Å². The van der Waals surface area contributed by atoms with Crippen molar-refractivity contribution in [2.75, 3.05) is 44.7 Å². The molecule has 1 aliphatic rings. The van der Waals surface area contributed by atoms with Crippen molar-refractivity contribution < 1.29 is 14.3 Å². The number of rotatable bonds is 7. The number of carbonyl (C=O) groups is 1. The van der Waals surface area contributed by atoms with Gasteiger partial charge in [0.25, 0.3) is 0 Å². The molecule has 0 amide bonds. The smallest absolute Gasteiger partial charge is 0.360 e. The molecule has 174 valence electrons. The van der Waals surface area contributed by atoms with E-state index in [4.69, 9.17) is 9.47 Å². The van der Waals surface area contributed by atoms with Gasteiger partial charge in [0.1, 0.15) is 12.3 Å². The maximum atomic E-state index is 12.2. The number of hydrogen-bond acceptors (Lipinski definition) is 6. The summed E-state index contributed by atoms with van der Waals surface area (Å²) in [5.74, 6) is 6.12. The molecule has 1 saturated heterocycles. The number of aromatic nitrogens is 1. The van der Waals surface area contributed by atoms with Gasteiger partial charge in [0, 0.05) is 44.8 Å². The number of pyridine rings is 1. The van der Waals surface area contributed by atoms with E-state index in [0.29, 0.717) is 18.1 Å². The third-order valence-corrected chi connectivity index (χ3v) is 5.74. The highest BCUT2D eigenvalue weighted by Crippen LogP contribution is 2.20. The van der Waals surface area contributed by atoms with Gasteiger partial charge in [-0.1, -0.05) is 54.5 Å². The highest BCUT2D eigenvalue weighted by atomic mass is 16.5. The minimum absolute atomic E-state index is 0.141. The van der Waals surface area contributed by atoms with E-state index in [-0.39, 0.29) is 5.69 Å². The molecule has 2 heterocycles. The van der Waals surface area contributed by atoms with E-state index in [9.17, 15) is 4.79 Å². The number of carbonyl (C=O) groups excluding carboxylic acids is 1. The average Bonchev–Trinajstić information content (AvgIpc) is 2.91. The molecule has 2 aromatic carbocycles. The molecule has 0 radical (unpaired) electrons. The van der Waals surface area contributed by atoms with Crippen LogP contribution in [0.1, 0.15) is 28.2 Å². The van der Waals surface area contributed by atoms with Crippen LogP contribution in [0.5, 0.6) is 5.75 Å². The highest BCUT2D eigenvalue weighted by molar-refractivity contribution is 5.90. The number of ether oxygens (including phenoxy) is 2. The molecule has 6 heteroatoms. The van der Waals surface area contributed by atoms with Gasteiger partial charge in [0.05, 0.1) is 7.11 Å². The molecule has 0 bridgehead atoms. The predicted molar refractivity (Wildman–Crippen MR) is 133 cm³/mol. The van der Waals surface area contributed by atoms with Gasteiger partial charge in [0.15, 0.2) is 11.4 Å². The quantitative estimate of drug-likeness (QED) is 0.396. The van der Waals surface area contributed by atoms with Crippen LogP contribution in [0.4, 0.5) is 5.69 Å². The first-order valence-corrected chi connectivity index (χ1v) is 11.5. The zero-order valence-corrected chi connectivity index (χ0v) is 19.4. The molecule has 0 spiro atoms. The van der Waals surface area contributed by atoms with Crippen molar-refractivity contribution in [1.82, 2.24) is 9.88 Å². The second-order valence-corrected chi connectivity index (χ2v) is 8.03. The fraction of sp³-hybridized carbons (Fsp3) is 0.286. The molecule has 34 heavy (non-hydrogen) atoms. The molecule has 0 atom stereocenters. The number of para-hydroxylation sites is 1. The number of piperazine rings is 1. The van der Waals surface area contributed by atoms with Crippen LogP contribution in [0.15, 0.2) is 72.8 Å². The lowest BCUT2D eigenvalue weighted by Crippen LogP contribution is -2.46. The Morgan fingerprint density at radius 3 is 2.35 bits per heavy atom. The van der Waals surface area contributed by atoms with Gasteiger partial charge in [0.2, 0.25) is 0 Å². The van der Waals surface area contributed by atoms with Crippen LogP contribution < -0.4 is 9.64 Å². The summed E-state index contributed by atoms with van der Waals surface area (Å²) in [5, 5.41) is 0. The first kappa shape index (κ1) is 23.3. The SMILES string of the molecule is COC(=O)c1nc(C#CCCN2CCN(c3ccccc3)CC2)ccc1OCc1ccccc1. The van der Waals surface area contributed by atoms with Gasteiger partial charge in [-0.05, 0) is 35.7 Å². The Morgan fingerprint density at radius 2 is 1.65 bits per heavy atom. The second kappa shape index (κ2) is 11.9. The molecule has 0 saturated carbocycles. The van der Waals surface area contributed by atoms with Crippen LogP contribution in [0.3, 0.4) is 0 Å². The van der Waals surface area contributed by atoms with Crippen molar-refractivity contribution in [2.24, 2.45) is 0 Å². The Hall–Kier alpha value is -3.82. The number of hydrogen-bond donors (Lipinski definition) is 0. The number of nitrogens with zero attached hydrogens (tertiary/aromatic N) is 3. The molecule has 1 fully saturated rings. The van der Waals surface area contributed by atoms with Crippen LogP contribution in [-0.4, -0.2) is 55.7 Å². The molecule has 0 N–H and O–H groups in total. The fourth-order valence-electron chi connectivity index (χ4n) is 3.85. The summed E-state index contributed by atoms with van der Waals surface area (Å²) < 4.78 is 10.7. The van der Waals surface area contributed by atoms with Gasteiger partial charge in [-0.3, -0.25) is 4.90 Å². The zero-order chi connectivity index (χ0) is 23.6. The summed E-state index contributed by atoms with van der Waals surface area (Å²) in [5.41, 5.74) is 2.96. The fourth-order valence-corrected chi connectivity index (χ4v) is 3.85. The normalized spacial score (nSPS) is 13.6. The molecule has 4 rings (SSSR count). The summed E-state index contributed by atoms with van der Waals surface area (Å²) in [6, 6.07) is 23.8. The Labute approximate surface area is 201 Å². The van der Waals surface area contributed by atoms with Crippen LogP contribution in [0, 0.1) is 11.8 Å². The minimum Gasteiger partial charge on any atom is -0.486 e. The summed E-state index contributed by atoms with van der Waals surface area (Å²) >= 11 is 0. The standard InChI is InChI=1S/C28H29N3O3/c1-33-28(32)27-26(34-22-23-10-4-2-5-11-23)16-15-24(29-27)12-8-9-17-30-18-20-31(21-19-30)25-13-6-3-7-14-25/h2-7,10-11,13-16H,9,17-22H2,1H3. The lowest BCUT2D eigenvalue weighted by Gasteiger charge is -2.35. The molecule has 6 nitrogen and oxygen atoms in total. The lowest BCUT2D eigenvalue weighted by molar-refractivity contribution is 0.0588. The molecular weight excluding hydrogens is 426 g/mol. The monoisotopic (exact) mass is 455 g/mol. The Morgan fingerprint density at radius 1 is 0.941 bits per heavy atom.